The molecular formula is C15H20N2O2S. The van der Waals surface area contributed by atoms with Crippen molar-refractivity contribution in [2.45, 2.75) is 44.1 Å². The molecule has 4 nitrogen and oxygen atoms in total. The molecule has 0 aromatic carbocycles. The number of thiocarbonyl (C=S) groups is 1. The number of nitrogens with zero attached hydrogens (tertiary/aromatic N) is 1. The highest BCUT2D eigenvalue weighted by Crippen LogP contribution is 2.42. The van der Waals surface area contributed by atoms with Gasteiger partial charge in [0, 0.05) is 26.4 Å². The molecular weight excluding hydrogens is 272 g/mol. The highest BCUT2D eigenvalue weighted by atomic mass is 32.1. The molecule has 0 bridgehead atoms. The van der Waals surface area contributed by atoms with Crippen LogP contribution in [-0.4, -0.2) is 29.1 Å². The molecule has 0 aliphatic heterocycles. The normalized spacial score (nSPS) is 25.8. The minimum atomic E-state index is -0.456. The molecule has 1 fully saturated rings. The van der Waals surface area contributed by atoms with Crippen molar-refractivity contribution in [3.63, 3.8) is 0 Å². The van der Waals surface area contributed by atoms with Crippen molar-refractivity contribution in [1.82, 2.24) is 10.3 Å². The summed E-state index contributed by atoms with van der Waals surface area (Å²) in [6.45, 7) is 1.45. The Kier molecular flexibility index (Phi) is 4.70. The van der Waals surface area contributed by atoms with Crippen molar-refractivity contribution < 1.29 is 9.53 Å². The average molecular weight is 292 g/mol. The molecule has 2 unspecified atom stereocenters. The quantitative estimate of drug-likeness (QED) is 0.685. The average Bonchev–Trinajstić information content (AvgIpc) is 2.47. The first-order valence-corrected chi connectivity index (χ1v) is 7.32. The third kappa shape index (κ3) is 2.68. The van der Waals surface area contributed by atoms with Crippen LogP contribution in [0.2, 0.25) is 0 Å². The number of hydrogen-bond acceptors (Lipinski definition) is 4. The van der Waals surface area contributed by atoms with Gasteiger partial charge >= 0.3 is 5.97 Å². The lowest BCUT2D eigenvalue weighted by molar-refractivity contribution is -0.150. The number of carbonyl (C=O) groups excluding carboxylic acids is 1. The van der Waals surface area contributed by atoms with Crippen molar-refractivity contribution in [2.24, 2.45) is 0 Å². The molecule has 0 radical (unpaired) electrons. The Morgan fingerprint density at radius 1 is 1.55 bits per heavy atom. The van der Waals surface area contributed by atoms with Gasteiger partial charge in [-0.25, -0.2) is 0 Å². The zero-order chi connectivity index (χ0) is 14.6. The van der Waals surface area contributed by atoms with Gasteiger partial charge in [-0.15, -0.1) is 0 Å². The van der Waals surface area contributed by atoms with Gasteiger partial charge in [-0.2, -0.15) is 0 Å². The highest BCUT2D eigenvalue weighted by Gasteiger charge is 2.47. The molecule has 1 aliphatic carbocycles. The van der Waals surface area contributed by atoms with E-state index in [1.165, 1.54) is 6.92 Å². The van der Waals surface area contributed by atoms with E-state index in [9.17, 15) is 4.79 Å². The van der Waals surface area contributed by atoms with Crippen molar-refractivity contribution >= 4 is 23.2 Å². The summed E-state index contributed by atoms with van der Waals surface area (Å²) in [7, 11) is 1.82. The molecule has 108 valence electrons. The summed E-state index contributed by atoms with van der Waals surface area (Å²) in [6.07, 6.45) is 7.15. The predicted molar refractivity (Wildman–Crippen MR) is 81.6 cm³/mol. The van der Waals surface area contributed by atoms with E-state index in [1.54, 1.807) is 6.20 Å². The lowest BCUT2D eigenvalue weighted by Gasteiger charge is -2.43. The van der Waals surface area contributed by atoms with Crippen LogP contribution in [0.4, 0.5) is 0 Å². The standard InChI is InChI=1S/C15H20N2O2S/c1-11(18)19-13-7-3-4-8-15(13,14(20)16-2)12-6-5-9-17-10-12/h5-6,9-10,13H,3-4,7-8H2,1-2H3,(H,16,20). The van der Waals surface area contributed by atoms with Gasteiger partial charge in [0.1, 0.15) is 6.10 Å². The van der Waals surface area contributed by atoms with Gasteiger partial charge in [-0.3, -0.25) is 9.78 Å². The van der Waals surface area contributed by atoms with Crippen LogP contribution in [0.15, 0.2) is 24.5 Å². The van der Waals surface area contributed by atoms with Crippen molar-refractivity contribution in [1.29, 1.82) is 0 Å². The summed E-state index contributed by atoms with van der Waals surface area (Å²) in [6, 6.07) is 3.91. The lowest BCUT2D eigenvalue weighted by Crippen LogP contribution is -2.53. The van der Waals surface area contributed by atoms with Crippen LogP contribution in [0.25, 0.3) is 0 Å². The van der Waals surface area contributed by atoms with E-state index in [0.29, 0.717) is 0 Å². The first-order valence-electron chi connectivity index (χ1n) is 6.91. The molecule has 2 atom stereocenters. The Hall–Kier alpha value is -1.49. The van der Waals surface area contributed by atoms with Crippen molar-refractivity contribution in [3.8, 4) is 0 Å². The molecule has 2 rings (SSSR count). The molecule has 1 aromatic heterocycles. The van der Waals surface area contributed by atoms with E-state index < -0.39 is 5.41 Å². The van der Waals surface area contributed by atoms with Gasteiger partial charge in [0.25, 0.3) is 0 Å². The van der Waals surface area contributed by atoms with Crippen LogP contribution in [0.5, 0.6) is 0 Å². The summed E-state index contributed by atoms with van der Waals surface area (Å²) < 4.78 is 5.59. The predicted octanol–water partition coefficient (Wildman–Crippen LogP) is 2.37. The maximum absolute atomic E-state index is 11.4. The summed E-state index contributed by atoms with van der Waals surface area (Å²) in [5.41, 5.74) is 0.563. The number of esters is 1. The van der Waals surface area contributed by atoms with Gasteiger partial charge in [0.2, 0.25) is 0 Å². The molecule has 1 N–H and O–H groups in total. The van der Waals surface area contributed by atoms with Crippen LogP contribution in [0.3, 0.4) is 0 Å². The van der Waals surface area contributed by atoms with Crippen LogP contribution in [0.1, 0.15) is 38.2 Å². The number of rotatable bonds is 3. The number of hydrogen-bond donors (Lipinski definition) is 1. The second-order valence-corrected chi connectivity index (χ2v) is 5.54. The van der Waals surface area contributed by atoms with Gasteiger partial charge in [0.15, 0.2) is 0 Å². The Balaban J connectivity index is 2.48. The summed E-state index contributed by atoms with van der Waals surface area (Å²) in [4.78, 5) is 16.4. The number of pyridine rings is 1. The number of likely N-dealkylation sites (N-methyl/N-ethyl adjacent to an activating group) is 1. The van der Waals surface area contributed by atoms with Crippen LogP contribution >= 0.6 is 12.2 Å². The Bertz CT molecular complexity index is 492. The first kappa shape index (κ1) is 14.9. The van der Waals surface area contributed by atoms with E-state index >= 15 is 0 Å². The highest BCUT2D eigenvalue weighted by molar-refractivity contribution is 7.80. The molecule has 0 saturated heterocycles. The number of carbonyl (C=O) groups is 1. The SMILES string of the molecule is CNC(=S)C1(c2cccnc2)CCCCC1OC(C)=O. The number of ether oxygens (including phenoxy) is 1. The van der Waals surface area contributed by atoms with E-state index in [1.807, 2.05) is 25.4 Å². The topological polar surface area (TPSA) is 51.2 Å². The van der Waals surface area contributed by atoms with Crippen LogP contribution < -0.4 is 5.32 Å². The van der Waals surface area contributed by atoms with E-state index in [-0.39, 0.29) is 12.1 Å². The fraction of sp³-hybridized carbons (Fsp3) is 0.533. The van der Waals surface area contributed by atoms with Gasteiger partial charge in [-0.1, -0.05) is 24.7 Å². The molecule has 1 aromatic rings. The fourth-order valence-corrected chi connectivity index (χ4v) is 3.42. The lowest BCUT2D eigenvalue weighted by atomic mass is 9.67. The zero-order valence-electron chi connectivity index (χ0n) is 11.9. The largest absolute Gasteiger partial charge is 0.461 e. The first-order chi connectivity index (χ1) is 9.61. The minimum Gasteiger partial charge on any atom is -0.461 e. The molecule has 1 aliphatic rings. The smallest absolute Gasteiger partial charge is 0.302 e. The maximum atomic E-state index is 11.4. The Labute approximate surface area is 124 Å². The Morgan fingerprint density at radius 3 is 2.95 bits per heavy atom. The maximum Gasteiger partial charge on any atom is 0.302 e. The zero-order valence-corrected chi connectivity index (χ0v) is 12.7. The van der Waals surface area contributed by atoms with E-state index in [2.05, 4.69) is 10.3 Å². The monoisotopic (exact) mass is 292 g/mol. The van der Waals surface area contributed by atoms with Crippen molar-refractivity contribution in [2.75, 3.05) is 7.05 Å². The van der Waals surface area contributed by atoms with Crippen LogP contribution in [0, 0.1) is 0 Å². The molecule has 5 heteroatoms. The second kappa shape index (κ2) is 6.31. The molecule has 1 heterocycles. The van der Waals surface area contributed by atoms with Crippen LogP contribution in [-0.2, 0) is 14.9 Å². The van der Waals surface area contributed by atoms with Gasteiger partial charge in [0.05, 0.1) is 10.4 Å². The summed E-state index contributed by atoms with van der Waals surface area (Å²) in [5, 5.41) is 3.09. The molecule has 20 heavy (non-hydrogen) atoms. The minimum absolute atomic E-state index is 0.224. The van der Waals surface area contributed by atoms with Gasteiger partial charge < -0.3 is 10.1 Å². The summed E-state index contributed by atoms with van der Waals surface area (Å²) >= 11 is 5.57. The third-order valence-corrected chi connectivity index (χ3v) is 4.52. The number of aromatic nitrogens is 1. The molecule has 0 spiro atoms. The van der Waals surface area contributed by atoms with E-state index in [0.717, 1.165) is 36.2 Å². The fourth-order valence-electron chi connectivity index (χ4n) is 3.07. The Morgan fingerprint density at radius 2 is 2.35 bits per heavy atom. The van der Waals surface area contributed by atoms with Crippen molar-refractivity contribution in [3.05, 3.63) is 30.1 Å². The summed E-state index contributed by atoms with van der Waals surface area (Å²) in [5.74, 6) is -0.260. The second-order valence-electron chi connectivity index (χ2n) is 5.14. The number of nitrogens with one attached hydrogen (secondary N) is 1. The van der Waals surface area contributed by atoms with Gasteiger partial charge in [-0.05, 0) is 30.9 Å². The third-order valence-electron chi connectivity index (χ3n) is 3.95. The molecule has 1 saturated carbocycles. The molecule has 0 amide bonds. The van der Waals surface area contributed by atoms with E-state index in [4.69, 9.17) is 17.0 Å².